The van der Waals surface area contributed by atoms with Crippen LogP contribution in [-0.4, -0.2) is 33.7 Å². The number of para-hydroxylation sites is 2. The van der Waals surface area contributed by atoms with Crippen molar-refractivity contribution in [2.45, 2.75) is 19.4 Å². The normalized spacial score (nSPS) is 12.1. The van der Waals surface area contributed by atoms with Crippen LogP contribution in [0.4, 0.5) is 0 Å². The van der Waals surface area contributed by atoms with Crippen LogP contribution in [0.1, 0.15) is 46.1 Å². The fourth-order valence-corrected chi connectivity index (χ4v) is 3.84. The Kier molecular flexibility index (Phi) is 6.23. The third kappa shape index (κ3) is 4.72. The number of Topliss-reactive ketones (excluding diaryl/α,β-unsaturated/α-hetero) is 1. The number of nitrogens with zero attached hydrogens (tertiary/aromatic N) is 1. The van der Waals surface area contributed by atoms with Gasteiger partial charge in [0.05, 0.1) is 17.1 Å². The predicted octanol–water partition coefficient (Wildman–Crippen LogP) is 5.25. The van der Waals surface area contributed by atoms with Crippen LogP contribution in [0.5, 0.6) is 0 Å². The average molecular weight is 434 g/mol. The maximum absolute atomic E-state index is 12.9. The van der Waals surface area contributed by atoms with Gasteiger partial charge in [-0.2, -0.15) is 11.8 Å². The molecule has 0 unspecified atom stereocenters. The Morgan fingerprint density at radius 3 is 2.58 bits per heavy atom. The molecule has 1 amide bonds. The lowest BCUT2D eigenvalue weighted by molar-refractivity contribution is 0.0906. The molecule has 7 heteroatoms. The second-order valence-electron chi connectivity index (χ2n) is 7.24. The minimum Gasteiger partial charge on any atom is -0.451 e. The van der Waals surface area contributed by atoms with Gasteiger partial charge in [-0.1, -0.05) is 36.4 Å². The van der Waals surface area contributed by atoms with Crippen LogP contribution in [0.3, 0.4) is 0 Å². The van der Waals surface area contributed by atoms with Gasteiger partial charge in [0, 0.05) is 11.1 Å². The van der Waals surface area contributed by atoms with E-state index in [2.05, 4.69) is 15.3 Å². The van der Waals surface area contributed by atoms with E-state index in [-0.39, 0.29) is 23.5 Å². The van der Waals surface area contributed by atoms with E-state index in [1.54, 1.807) is 36.0 Å². The molecule has 2 aromatic heterocycles. The topological polar surface area (TPSA) is 88.0 Å². The molecule has 0 aliphatic heterocycles. The predicted molar refractivity (Wildman–Crippen MR) is 123 cm³/mol. The van der Waals surface area contributed by atoms with E-state index in [0.717, 1.165) is 34.6 Å². The molecule has 0 saturated heterocycles. The number of aromatic amines is 1. The lowest BCUT2D eigenvalue weighted by atomic mass is 10.1. The van der Waals surface area contributed by atoms with Crippen LogP contribution in [0.2, 0.25) is 0 Å². The number of furan rings is 1. The Bertz CT molecular complexity index is 1180. The van der Waals surface area contributed by atoms with Crippen LogP contribution >= 0.6 is 11.8 Å². The largest absolute Gasteiger partial charge is 0.451 e. The van der Waals surface area contributed by atoms with Crippen molar-refractivity contribution in [3.63, 3.8) is 0 Å². The molecule has 31 heavy (non-hydrogen) atoms. The van der Waals surface area contributed by atoms with Crippen LogP contribution < -0.4 is 5.32 Å². The van der Waals surface area contributed by atoms with Crippen molar-refractivity contribution < 1.29 is 14.0 Å². The summed E-state index contributed by atoms with van der Waals surface area (Å²) in [4.78, 5) is 32.3. The van der Waals surface area contributed by atoms with Crippen LogP contribution in [-0.2, 0) is 0 Å². The SMILES string of the molecule is CSCC[C@H](NC(=O)c1ccc(-c2ccc(C(C)=O)cc2)o1)c1nc2ccccc2[nH]1. The van der Waals surface area contributed by atoms with Gasteiger partial charge in [0.1, 0.15) is 11.6 Å². The molecule has 0 spiro atoms. The number of hydrogen-bond acceptors (Lipinski definition) is 5. The van der Waals surface area contributed by atoms with Crippen molar-refractivity contribution in [1.82, 2.24) is 15.3 Å². The standard InChI is InChI=1S/C24H23N3O3S/c1-15(28)16-7-9-17(10-8-16)21-11-12-22(30-21)24(29)27-20(13-14-31-2)23-25-18-5-3-4-6-19(18)26-23/h3-12,20H,13-14H2,1-2H3,(H,25,26)(H,27,29)/t20-/m0/s1. The smallest absolute Gasteiger partial charge is 0.287 e. The second-order valence-corrected chi connectivity index (χ2v) is 8.23. The second kappa shape index (κ2) is 9.22. The van der Waals surface area contributed by atoms with E-state index in [4.69, 9.17) is 4.42 Å². The molecule has 4 aromatic rings. The summed E-state index contributed by atoms with van der Waals surface area (Å²) in [5.41, 5.74) is 3.25. The Labute approximate surface area is 184 Å². The first-order chi connectivity index (χ1) is 15.0. The molecule has 0 bridgehead atoms. The van der Waals surface area contributed by atoms with Gasteiger partial charge in [0.15, 0.2) is 11.5 Å². The molecule has 0 saturated carbocycles. The number of aromatic nitrogens is 2. The first-order valence-corrected chi connectivity index (χ1v) is 11.4. The minimum absolute atomic E-state index is 0.00735. The third-order valence-electron chi connectivity index (χ3n) is 5.06. The number of thioether (sulfide) groups is 1. The zero-order valence-corrected chi connectivity index (χ0v) is 18.2. The third-order valence-corrected chi connectivity index (χ3v) is 5.70. The monoisotopic (exact) mass is 433 g/mol. The van der Waals surface area contributed by atoms with E-state index in [9.17, 15) is 9.59 Å². The molecule has 158 valence electrons. The molecule has 0 fully saturated rings. The Morgan fingerprint density at radius 2 is 1.87 bits per heavy atom. The number of H-pyrrole nitrogens is 1. The first-order valence-electron chi connectivity index (χ1n) is 10.0. The lowest BCUT2D eigenvalue weighted by Gasteiger charge is -2.15. The van der Waals surface area contributed by atoms with Crippen molar-refractivity contribution in [2.75, 3.05) is 12.0 Å². The lowest BCUT2D eigenvalue weighted by Crippen LogP contribution is -2.29. The highest BCUT2D eigenvalue weighted by Crippen LogP contribution is 2.24. The summed E-state index contributed by atoms with van der Waals surface area (Å²) < 4.78 is 5.80. The highest BCUT2D eigenvalue weighted by molar-refractivity contribution is 7.98. The number of nitrogens with one attached hydrogen (secondary N) is 2. The van der Waals surface area contributed by atoms with Gasteiger partial charge in [-0.15, -0.1) is 0 Å². The first kappa shape index (κ1) is 20.9. The molecular weight excluding hydrogens is 410 g/mol. The van der Waals surface area contributed by atoms with Gasteiger partial charge in [-0.3, -0.25) is 9.59 Å². The van der Waals surface area contributed by atoms with Crippen LogP contribution in [0, 0.1) is 0 Å². The quantitative estimate of drug-likeness (QED) is 0.371. The molecule has 0 aliphatic carbocycles. The summed E-state index contributed by atoms with van der Waals surface area (Å²) in [6, 6.07) is 18.1. The molecule has 1 atom stereocenters. The highest BCUT2D eigenvalue weighted by atomic mass is 32.2. The van der Waals surface area contributed by atoms with Gasteiger partial charge in [0.2, 0.25) is 0 Å². The highest BCUT2D eigenvalue weighted by Gasteiger charge is 2.21. The molecular formula is C24H23N3O3S. The van der Waals surface area contributed by atoms with Crippen LogP contribution in [0.15, 0.2) is 65.1 Å². The number of benzene rings is 2. The van der Waals surface area contributed by atoms with Crippen molar-refractivity contribution in [3.05, 3.63) is 77.8 Å². The summed E-state index contributed by atoms with van der Waals surface area (Å²) in [5.74, 6) is 2.13. The van der Waals surface area contributed by atoms with Gasteiger partial charge in [-0.25, -0.2) is 4.98 Å². The zero-order valence-electron chi connectivity index (χ0n) is 17.3. The summed E-state index contributed by atoms with van der Waals surface area (Å²) in [6.45, 7) is 1.53. The molecule has 2 aromatic carbocycles. The Morgan fingerprint density at radius 1 is 1.10 bits per heavy atom. The van der Waals surface area contributed by atoms with Crippen molar-refractivity contribution in [2.24, 2.45) is 0 Å². The number of carbonyl (C=O) groups excluding carboxylic acids is 2. The molecule has 0 aliphatic rings. The molecule has 6 nitrogen and oxygen atoms in total. The average Bonchev–Trinajstić information content (AvgIpc) is 3.44. The molecule has 0 radical (unpaired) electrons. The van der Waals surface area contributed by atoms with Crippen molar-refractivity contribution in [1.29, 1.82) is 0 Å². The summed E-state index contributed by atoms with van der Waals surface area (Å²) in [5, 5.41) is 3.05. The van der Waals surface area contributed by atoms with E-state index in [0.29, 0.717) is 11.3 Å². The molecule has 4 rings (SSSR count). The Balaban J connectivity index is 1.52. The zero-order chi connectivity index (χ0) is 21.8. The van der Waals surface area contributed by atoms with Crippen LogP contribution in [0.25, 0.3) is 22.4 Å². The van der Waals surface area contributed by atoms with Gasteiger partial charge < -0.3 is 14.7 Å². The van der Waals surface area contributed by atoms with E-state index in [1.165, 1.54) is 6.92 Å². The number of hydrogen-bond donors (Lipinski definition) is 2. The Hall–Kier alpha value is -3.32. The maximum Gasteiger partial charge on any atom is 0.287 e. The summed E-state index contributed by atoms with van der Waals surface area (Å²) in [6.07, 6.45) is 2.78. The minimum atomic E-state index is -0.293. The number of carbonyl (C=O) groups is 2. The van der Waals surface area contributed by atoms with E-state index in [1.807, 2.05) is 42.7 Å². The van der Waals surface area contributed by atoms with E-state index >= 15 is 0 Å². The maximum atomic E-state index is 12.9. The van der Waals surface area contributed by atoms with E-state index < -0.39 is 0 Å². The molecule has 2 N–H and O–H groups in total. The van der Waals surface area contributed by atoms with Gasteiger partial charge in [-0.05, 0) is 49.6 Å². The fourth-order valence-electron chi connectivity index (χ4n) is 3.36. The van der Waals surface area contributed by atoms with Crippen molar-refractivity contribution in [3.8, 4) is 11.3 Å². The summed E-state index contributed by atoms with van der Waals surface area (Å²) in [7, 11) is 0. The number of fused-ring (bicyclic) bond motifs is 1. The number of rotatable bonds is 8. The summed E-state index contributed by atoms with van der Waals surface area (Å²) >= 11 is 1.72. The van der Waals surface area contributed by atoms with Crippen molar-refractivity contribution >= 4 is 34.5 Å². The van der Waals surface area contributed by atoms with Gasteiger partial charge in [0.25, 0.3) is 5.91 Å². The number of imidazole rings is 1. The van der Waals surface area contributed by atoms with Gasteiger partial charge >= 0.3 is 0 Å². The number of amides is 1. The number of ketones is 1. The fraction of sp³-hybridized carbons (Fsp3) is 0.208. The molecule has 2 heterocycles.